The lowest BCUT2D eigenvalue weighted by Gasteiger charge is -2.24. The second kappa shape index (κ2) is 5.84. The van der Waals surface area contributed by atoms with Gasteiger partial charge < -0.3 is 0 Å². The monoisotopic (exact) mass is 279 g/mol. The Morgan fingerprint density at radius 3 is 2.22 bits per heavy atom. The highest BCUT2D eigenvalue weighted by atomic mass is 32.2. The predicted octanol–water partition coefficient (Wildman–Crippen LogP) is 3.18. The molecule has 6 heteroatoms. The van der Waals surface area contributed by atoms with Crippen LogP contribution in [0.25, 0.3) is 0 Å². The summed E-state index contributed by atoms with van der Waals surface area (Å²) >= 11 is 0. The summed E-state index contributed by atoms with van der Waals surface area (Å²) < 4.78 is 52.8. The molecule has 0 saturated heterocycles. The Hall–Kier alpha value is -0.880. The molecule has 1 rings (SSSR count). The summed E-state index contributed by atoms with van der Waals surface area (Å²) in [4.78, 5) is 0. The maximum atomic E-state index is 13.5. The zero-order valence-electron chi connectivity index (χ0n) is 10.4. The molecule has 102 valence electrons. The van der Waals surface area contributed by atoms with Crippen LogP contribution in [-0.4, -0.2) is 15.4 Å². The van der Waals surface area contributed by atoms with E-state index in [1.54, 1.807) is 20.8 Å². The van der Waals surface area contributed by atoms with Gasteiger partial charge in [-0.2, -0.15) is 0 Å². The van der Waals surface area contributed by atoms with E-state index in [-0.39, 0.29) is 5.56 Å². The molecule has 0 aliphatic rings. The van der Waals surface area contributed by atoms with Crippen molar-refractivity contribution in [1.29, 1.82) is 0 Å². The molecule has 0 aromatic heterocycles. The highest BCUT2D eigenvalue weighted by molar-refractivity contribution is 7.84. The van der Waals surface area contributed by atoms with Crippen molar-refractivity contribution in [3.8, 4) is 0 Å². The maximum Gasteiger partial charge on any atom is 0.258 e. The molecule has 2 atom stereocenters. The van der Waals surface area contributed by atoms with Gasteiger partial charge >= 0.3 is 0 Å². The molecule has 0 aliphatic carbocycles. The van der Waals surface area contributed by atoms with Crippen molar-refractivity contribution in [2.24, 2.45) is 0 Å². The molecular weight excluding hydrogens is 263 g/mol. The van der Waals surface area contributed by atoms with Crippen LogP contribution in [0, 0.1) is 5.82 Å². The van der Waals surface area contributed by atoms with Crippen LogP contribution in [0.15, 0.2) is 24.3 Å². The van der Waals surface area contributed by atoms with Crippen LogP contribution in [0.3, 0.4) is 0 Å². The molecule has 0 amide bonds. The Bertz CT molecular complexity index is 432. The average molecular weight is 279 g/mol. The molecule has 1 N–H and O–H groups in total. The number of benzene rings is 1. The van der Waals surface area contributed by atoms with Gasteiger partial charge in [0.05, 0.1) is 15.7 Å². The third-order valence-electron chi connectivity index (χ3n) is 2.28. The van der Waals surface area contributed by atoms with Gasteiger partial charge in [-0.15, -0.1) is 0 Å². The number of nitrogens with one attached hydrogen (secondary N) is 1. The van der Waals surface area contributed by atoms with Crippen LogP contribution in [0.5, 0.6) is 0 Å². The van der Waals surface area contributed by atoms with E-state index in [2.05, 4.69) is 4.72 Å². The molecular formula is C12H16F3NOS. The lowest BCUT2D eigenvalue weighted by atomic mass is 10.1. The SMILES string of the molecule is CC(C)(C)S(=O)NC(c1ccccc1F)C(F)F. The van der Waals surface area contributed by atoms with Crippen LogP contribution >= 0.6 is 0 Å². The summed E-state index contributed by atoms with van der Waals surface area (Å²) in [7, 11) is -1.69. The Balaban J connectivity index is 2.99. The van der Waals surface area contributed by atoms with Crippen molar-refractivity contribution < 1.29 is 17.4 Å². The third kappa shape index (κ3) is 3.81. The number of rotatable bonds is 4. The predicted molar refractivity (Wildman–Crippen MR) is 66.2 cm³/mol. The minimum atomic E-state index is -2.84. The van der Waals surface area contributed by atoms with Crippen LogP contribution in [0.4, 0.5) is 13.2 Å². The standard InChI is InChI=1S/C12H16F3NOS/c1-12(2,3)18(17)16-10(11(14)15)8-6-4-5-7-9(8)13/h4-7,10-11,16H,1-3H3. The van der Waals surface area contributed by atoms with Crippen molar-refractivity contribution in [3.63, 3.8) is 0 Å². The summed E-state index contributed by atoms with van der Waals surface area (Å²) in [5.41, 5.74) is -0.176. The van der Waals surface area contributed by atoms with Crippen molar-refractivity contribution in [2.45, 2.75) is 38.0 Å². The van der Waals surface area contributed by atoms with Crippen LogP contribution in [0.2, 0.25) is 0 Å². The van der Waals surface area contributed by atoms with Gasteiger partial charge in [-0.3, -0.25) is 0 Å². The normalized spacial score (nSPS) is 15.7. The van der Waals surface area contributed by atoms with Gasteiger partial charge in [0.25, 0.3) is 6.43 Å². The van der Waals surface area contributed by atoms with Crippen molar-refractivity contribution in [3.05, 3.63) is 35.6 Å². The molecule has 0 spiro atoms. The lowest BCUT2D eigenvalue weighted by molar-refractivity contribution is 0.108. The summed E-state index contributed by atoms with van der Waals surface area (Å²) in [6, 6.07) is 3.68. The minimum Gasteiger partial charge on any atom is -0.242 e. The van der Waals surface area contributed by atoms with E-state index in [1.807, 2.05) is 0 Å². The van der Waals surface area contributed by atoms with E-state index in [9.17, 15) is 17.4 Å². The fourth-order valence-electron chi connectivity index (χ4n) is 1.27. The van der Waals surface area contributed by atoms with E-state index in [0.717, 1.165) is 6.07 Å². The number of alkyl halides is 2. The van der Waals surface area contributed by atoms with Gasteiger partial charge in [0.2, 0.25) is 0 Å². The first-order valence-electron chi connectivity index (χ1n) is 5.44. The van der Waals surface area contributed by atoms with Gasteiger partial charge in [-0.25, -0.2) is 22.1 Å². The first-order valence-corrected chi connectivity index (χ1v) is 6.59. The fourth-order valence-corrected chi connectivity index (χ4v) is 2.08. The smallest absolute Gasteiger partial charge is 0.242 e. The van der Waals surface area contributed by atoms with Gasteiger partial charge in [0.1, 0.15) is 11.9 Å². The van der Waals surface area contributed by atoms with Crippen molar-refractivity contribution >= 4 is 11.0 Å². The molecule has 18 heavy (non-hydrogen) atoms. The van der Waals surface area contributed by atoms with Gasteiger partial charge in [-0.05, 0) is 26.8 Å². The molecule has 0 bridgehead atoms. The second-order valence-corrected chi connectivity index (χ2v) is 6.83. The van der Waals surface area contributed by atoms with E-state index < -0.39 is 34.0 Å². The number of hydrogen-bond acceptors (Lipinski definition) is 1. The van der Waals surface area contributed by atoms with Crippen molar-refractivity contribution in [2.75, 3.05) is 0 Å². The highest BCUT2D eigenvalue weighted by Gasteiger charge is 2.30. The first kappa shape index (κ1) is 15.2. The molecule has 2 nitrogen and oxygen atoms in total. The Labute approximate surface area is 107 Å². The van der Waals surface area contributed by atoms with Crippen LogP contribution < -0.4 is 4.72 Å². The van der Waals surface area contributed by atoms with E-state index >= 15 is 0 Å². The van der Waals surface area contributed by atoms with Crippen LogP contribution in [-0.2, 0) is 11.0 Å². The topological polar surface area (TPSA) is 29.1 Å². The fraction of sp³-hybridized carbons (Fsp3) is 0.500. The number of hydrogen-bond donors (Lipinski definition) is 1. The molecule has 0 aliphatic heterocycles. The van der Waals surface area contributed by atoms with E-state index in [4.69, 9.17) is 0 Å². The zero-order chi connectivity index (χ0) is 13.9. The van der Waals surface area contributed by atoms with Gasteiger partial charge in [0, 0.05) is 5.56 Å². The second-order valence-electron chi connectivity index (χ2n) is 4.83. The summed E-state index contributed by atoms with van der Waals surface area (Å²) in [5, 5.41) is 0. The third-order valence-corrected chi connectivity index (χ3v) is 3.86. The molecule has 0 fully saturated rings. The van der Waals surface area contributed by atoms with Gasteiger partial charge in [0.15, 0.2) is 0 Å². The quantitative estimate of drug-likeness (QED) is 0.901. The highest BCUT2D eigenvalue weighted by Crippen LogP contribution is 2.25. The summed E-state index contributed by atoms with van der Waals surface area (Å²) in [6.07, 6.45) is -2.84. The Morgan fingerprint density at radius 2 is 1.78 bits per heavy atom. The molecule has 0 heterocycles. The van der Waals surface area contributed by atoms with E-state index in [0.29, 0.717) is 0 Å². The summed E-state index contributed by atoms with van der Waals surface area (Å²) in [6.45, 7) is 4.96. The summed E-state index contributed by atoms with van der Waals surface area (Å²) in [5.74, 6) is -0.735. The van der Waals surface area contributed by atoms with Crippen LogP contribution in [0.1, 0.15) is 32.4 Å². The van der Waals surface area contributed by atoms with Crippen molar-refractivity contribution in [1.82, 2.24) is 4.72 Å². The minimum absolute atomic E-state index is 0.176. The number of halogens is 3. The Morgan fingerprint density at radius 1 is 1.22 bits per heavy atom. The largest absolute Gasteiger partial charge is 0.258 e. The zero-order valence-corrected chi connectivity index (χ0v) is 11.2. The molecule has 1 aromatic carbocycles. The van der Waals surface area contributed by atoms with Gasteiger partial charge in [-0.1, -0.05) is 18.2 Å². The molecule has 0 radical (unpaired) electrons. The molecule has 2 unspecified atom stereocenters. The first-order chi connectivity index (χ1) is 8.23. The molecule has 1 aromatic rings. The average Bonchev–Trinajstić information content (AvgIpc) is 2.25. The Kier molecular flexibility index (Phi) is 4.92. The van der Waals surface area contributed by atoms with E-state index in [1.165, 1.54) is 18.2 Å². The maximum absolute atomic E-state index is 13.5. The lowest BCUT2D eigenvalue weighted by Crippen LogP contribution is -2.38. The molecule has 0 saturated carbocycles.